The van der Waals surface area contributed by atoms with Gasteiger partial charge in [0.25, 0.3) is 0 Å². The molecule has 1 amide bonds. The number of thiocarbonyl (C=S) groups is 1. The number of rotatable bonds is 7. The number of hydrogen-bond acceptors (Lipinski definition) is 3. The molecule has 0 spiro atoms. The van der Waals surface area contributed by atoms with Crippen molar-refractivity contribution < 1.29 is 9.53 Å². The van der Waals surface area contributed by atoms with Crippen molar-refractivity contribution in [2.24, 2.45) is 5.73 Å². The highest BCUT2D eigenvalue weighted by molar-refractivity contribution is 7.80. The van der Waals surface area contributed by atoms with Crippen LogP contribution >= 0.6 is 12.2 Å². The molecule has 0 radical (unpaired) electrons. The third-order valence-electron chi connectivity index (χ3n) is 1.71. The van der Waals surface area contributed by atoms with E-state index in [9.17, 15) is 4.79 Å². The van der Waals surface area contributed by atoms with Crippen molar-refractivity contribution >= 4 is 23.1 Å². The molecule has 0 bridgehead atoms. The maximum Gasteiger partial charge on any atom is 0.225 e. The van der Waals surface area contributed by atoms with E-state index in [1.54, 1.807) is 12.0 Å². The van der Waals surface area contributed by atoms with Crippen LogP contribution in [0.5, 0.6) is 0 Å². The Hall–Kier alpha value is -0.680. The summed E-state index contributed by atoms with van der Waals surface area (Å²) in [7, 11) is 1.57. The molecule has 4 nitrogen and oxygen atoms in total. The summed E-state index contributed by atoms with van der Waals surface area (Å²) in [6.45, 7) is 3.51. The van der Waals surface area contributed by atoms with Crippen LogP contribution in [0.3, 0.4) is 0 Å². The highest BCUT2D eigenvalue weighted by Gasteiger charge is 2.12. The van der Waals surface area contributed by atoms with E-state index < -0.39 is 0 Å². The molecule has 0 aromatic rings. The molecule has 0 saturated carbocycles. The van der Waals surface area contributed by atoms with Gasteiger partial charge in [0.15, 0.2) is 0 Å². The summed E-state index contributed by atoms with van der Waals surface area (Å²) in [5, 5.41) is 0. The maximum atomic E-state index is 11.6. The fourth-order valence-electron chi connectivity index (χ4n) is 1.10. The van der Waals surface area contributed by atoms with Crippen LogP contribution in [0.2, 0.25) is 0 Å². The zero-order chi connectivity index (χ0) is 11.0. The van der Waals surface area contributed by atoms with Gasteiger partial charge in [-0.3, -0.25) is 4.79 Å². The Morgan fingerprint density at radius 2 is 2.21 bits per heavy atom. The van der Waals surface area contributed by atoms with Gasteiger partial charge in [0.1, 0.15) is 0 Å². The molecule has 0 aliphatic carbocycles. The number of nitrogens with two attached hydrogens (primary N) is 1. The molecule has 0 heterocycles. The molecule has 2 N–H and O–H groups in total. The largest absolute Gasteiger partial charge is 0.392 e. The van der Waals surface area contributed by atoms with Gasteiger partial charge >= 0.3 is 0 Å². The van der Waals surface area contributed by atoms with Crippen molar-refractivity contribution in [3.05, 3.63) is 0 Å². The molecule has 0 aliphatic heterocycles. The first kappa shape index (κ1) is 13.3. The van der Waals surface area contributed by atoms with Gasteiger partial charge < -0.3 is 15.4 Å². The molecule has 0 aromatic heterocycles. The average molecular weight is 218 g/mol. The van der Waals surface area contributed by atoms with Crippen LogP contribution in [-0.4, -0.2) is 42.6 Å². The lowest BCUT2D eigenvalue weighted by Crippen LogP contribution is -2.38. The van der Waals surface area contributed by atoms with Gasteiger partial charge in [-0.1, -0.05) is 19.1 Å². The van der Waals surface area contributed by atoms with E-state index in [1.165, 1.54) is 0 Å². The summed E-state index contributed by atoms with van der Waals surface area (Å²) in [5.41, 5.74) is 5.40. The Bertz CT molecular complexity index is 197. The fraction of sp³-hybridized carbons (Fsp3) is 0.778. The summed E-state index contributed by atoms with van der Waals surface area (Å²) < 4.78 is 4.83. The fourth-order valence-corrected chi connectivity index (χ4v) is 1.25. The summed E-state index contributed by atoms with van der Waals surface area (Å²) in [5.74, 6) is 0.0431. The van der Waals surface area contributed by atoms with Crippen LogP contribution in [0.25, 0.3) is 0 Å². The van der Waals surface area contributed by atoms with E-state index in [1.807, 2.05) is 6.92 Å². The number of carbonyl (C=O) groups excluding carboxylic acids is 1. The topological polar surface area (TPSA) is 55.6 Å². The molecular weight excluding hydrogens is 200 g/mol. The quantitative estimate of drug-likeness (QED) is 0.634. The molecule has 0 rings (SSSR count). The van der Waals surface area contributed by atoms with Crippen LogP contribution in [0.4, 0.5) is 0 Å². The number of nitrogens with zero attached hydrogens (tertiary/aromatic N) is 1. The standard InChI is InChI=1S/C9H18N2O2S/c1-3-5-11(7-8(10)14)9(12)4-6-13-2/h3-7H2,1-2H3,(H2,10,14). The molecule has 0 atom stereocenters. The summed E-state index contributed by atoms with van der Waals surface area (Å²) in [4.78, 5) is 13.6. The van der Waals surface area contributed by atoms with Gasteiger partial charge in [-0.05, 0) is 6.42 Å². The van der Waals surface area contributed by atoms with Gasteiger partial charge in [0, 0.05) is 13.7 Å². The van der Waals surface area contributed by atoms with Crippen LogP contribution in [0.1, 0.15) is 19.8 Å². The lowest BCUT2D eigenvalue weighted by Gasteiger charge is -2.21. The van der Waals surface area contributed by atoms with Gasteiger partial charge in [-0.15, -0.1) is 0 Å². The van der Waals surface area contributed by atoms with Crippen LogP contribution in [0, 0.1) is 0 Å². The number of carbonyl (C=O) groups is 1. The third-order valence-corrected chi connectivity index (χ3v) is 1.84. The zero-order valence-corrected chi connectivity index (χ0v) is 9.60. The SMILES string of the molecule is CCCN(CC(N)=S)C(=O)CCOC. The second-order valence-corrected chi connectivity index (χ2v) is 3.55. The Morgan fingerprint density at radius 1 is 1.57 bits per heavy atom. The lowest BCUT2D eigenvalue weighted by atomic mass is 10.3. The predicted octanol–water partition coefficient (Wildman–Crippen LogP) is 0.548. The van der Waals surface area contributed by atoms with Crippen LogP contribution < -0.4 is 5.73 Å². The number of hydrogen-bond donors (Lipinski definition) is 1. The minimum atomic E-state index is 0.0431. The first-order chi connectivity index (χ1) is 6.61. The van der Waals surface area contributed by atoms with Crippen molar-refractivity contribution in [1.82, 2.24) is 4.90 Å². The Morgan fingerprint density at radius 3 is 2.64 bits per heavy atom. The van der Waals surface area contributed by atoms with Crippen molar-refractivity contribution in [2.75, 3.05) is 26.8 Å². The molecule has 0 unspecified atom stereocenters. The molecule has 14 heavy (non-hydrogen) atoms. The number of amides is 1. The second-order valence-electron chi connectivity index (χ2n) is 3.02. The van der Waals surface area contributed by atoms with E-state index >= 15 is 0 Å². The molecule has 0 aromatic carbocycles. The van der Waals surface area contributed by atoms with Crippen molar-refractivity contribution in [2.45, 2.75) is 19.8 Å². The summed E-state index contributed by atoms with van der Waals surface area (Å²) in [6.07, 6.45) is 1.29. The molecule has 5 heteroatoms. The molecule has 0 saturated heterocycles. The highest BCUT2D eigenvalue weighted by Crippen LogP contribution is 1.97. The Balaban J connectivity index is 4.03. The average Bonchev–Trinajstić information content (AvgIpc) is 2.13. The van der Waals surface area contributed by atoms with Crippen molar-refractivity contribution in [3.8, 4) is 0 Å². The van der Waals surface area contributed by atoms with Crippen molar-refractivity contribution in [3.63, 3.8) is 0 Å². The maximum absolute atomic E-state index is 11.6. The first-order valence-corrected chi connectivity index (χ1v) is 5.07. The van der Waals surface area contributed by atoms with Gasteiger partial charge in [0.2, 0.25) is 5.91 Å². The van der Waals surface area contributed by atoms with Crippen molar-refractivity contribution in [1.29, 1.82) is 0 Å². The number of ether oxygens (including phenoxy) is 1. The van der Waals surface area contributed by atoms with E-state index in [2.05, 4.69) is 0 Å². The van der Waals surface area contributed by atoms with E-state index in [4.69, 9.17) is 22.7 Å². The van der Waals surface area contributed by atoms with E-state index in [-0.39, 0.29) is 5.91 Å². The smallest absolute Gasteiger partial charge is 0.225 e. The Kier molecular flexibility index (Phi) is 7.32. The lowest BCUT2D eigenvalue weighted by molar-refractivity contribution is -0.131. The second kappa shape index (κ2) is 7.70. The van der Waals surface area contributed by atoms with Crippen LogP contribution in [-0.2, 0) is 9.53 Å². The van der Waals surface area contributed by atoms with Gasteiger partial charge in [-0.25, -0.2) is 0 Å². The third kappa shape index (κ3) is 5.88. The zero-order valence-electron chi connectivity index (χ0n) is 8.78. The molecular formula is C9H18N2O2S. The van der Waals surface area contributed by atoms with Gasteiger partial charge in [0.05, 0.1) is 24.6 Å². The predicted molar refractivity (Wildman–Crippen MR) is 60.1 cm³/mol. The molecule has 0 fully saturated rings. The van der Waals surface area contributed by atoms with Crippen LogP contribution in [0.15, 0.2) is 0 Å². The first-order valence-electron chi connectivity index (χ1n) is 4.66. The minimum absolute atomic E-state index is 0.0431. The highest BCUT2D eigenvalue weighted by atomic mass is 32.1. The normalized spacial score (nSPS) is 9.86. The number of methoxy groups -OCH3 is 1. The monoisotopic (exact) mass is 218 g/mol. The van der Waals surface area contributed by atoms with E-state index in [0.29, 0.717) is 31.1 Å². The summed E-state index contributed by atoms with van der Waals surface area (Å²) in [6, 6.07) is 0. The molecule has 0 aliphatic rings. The van der Waals surface area contributed by atoms with Gasteiger partial charge in [-0.2, -0.15) is 0 Å². The summed E-state index contributed by atoms with van der Waals surface area (Å²) >= 11 is 4.77. The molecule has 82 valence electrons. The Labute approximate surface area is 90.4 Å². The van der Waals surface area contributed by atoms with E-state index in [0.717, 1.165) is 6.42 Å². The minimum Gasteiger partial charge on any atom is -0.392 e.